The Morgan fingerprint density at radius 1 is 1.17 bits per heavy atom. The van der Waals surface area contributed by atoms with Gasteiger partial charge in [-0.2, -0.15) is 4.31 Å². The Hall–Kier alpha value is -2.13. The lowest BCUT2D eigenvalue weighted by molar-refractivity contribution is 0.0753. The SMILES string of the molecule is COc1cccc(CN(CCS(=O)(=O)N2CCNCC2)C(=O)c2ccc(Cl)cc2)c1. The molecule has 1 heterocycles. The molecule has 2 aromatic carbocycles. The highest BCUT2D eigenvalue weighted by Gasteiger charge is 2.26. The molecule has 1 saturated heterocycles. The van der Waals surface area contributed by atoms with Gasteiger partial charge in [0, 0.05) is 49.9 Å². The van der Waals surface area contributed by atoms with Gasteiger partial charge in [0.2, 0.25) is 10.0 Å². The minimum absolute atomic E-state index is 0.0882. The predicted molar refractivity (Wildman–Crippen MR) is 117 cm³/mol. The fourth-order valence-electron chi connectivity index (χ4n) is 3.30. The van der Waals surface area contributed by atoms with Crippen molar-refractivity contribution in [1.82, 2.24) is 14.5 Å². The molecular formula is C21H26ClN3O4S. The largest absolute Gasteiger partial charge is 0.497 e. The molecule has 0 radical (unpaired) electrons. The Kier molecular flexibility index (Phi) is 7.71. The van der Waals surface area contributed by atoms with Crippen LogP contribution >= 0.6 is 11.6 Å². The smallest absolute Gasteiger partial charge is 0.254 e. The van der Waals surface area contributed by atoms with Crippen molar-refractivity contribution >= 4 is 27.5 Å². The lowest BCUT2D eigenvalue weighted by Crippen LogP contribution is -2.48. The fraction of sp³-hybridized carbons (Fsp3) is 0.381. The zero-order valence-corrected chi connectivity index (χ0v) is 18.5. The first kappa shape index (κ1) is 22.6. The third-order valence-corrected chi connectivity index (χ3v) is 7.08. The predicted octanol–water partition coefficient (Wildman–Crippen LogP) is 2.23. The summed E-state index contributed by atoms with van der Waals surface area (Å²) in [5.41, 5.74) is 1.32. The molecule has 0 atom stereocenters. The van der Waals surface area contributed by atoms with Crippen molar-refractivity contribution in [2.24, 2.45) is 0 Å². The third kappa shape index (κ3) is 5.95. The summed E-state index contributed by atoms with van der Waals surface area (Å²) in [5.74, 6) is 0.306. The van der Waals surface area contributed by atoms with E-state index >= 15 is 0 Å². The van der Waals surface area contributed by atoms with E-state index in [1.807, 2.05) is 24.3 Å². The summed E-state index contributed by atoms with van der Waals surface area (Å²) in [6, 6.07) is 14.0. The molecule has 0 aromatic heterocycles. The maximum absolute atomic E-state index is 13.1. The van der Waals surface area contributed by atoms with Crippen molar-refractivity contribution in [3.8, 4) is 5.75 Å². The van der Waals surface area contributed by atoms with Crippen molar-refractivity contribution < 1.29 is 17.9 Å². The van der Waals surface area contributed by atoms with Crippen LogP contribution in [0.3, 0.4) is 0 Å². The van der Waals surface area contributed by atoms with E-state index in [2.05, 4.69) is 5.32 Å². The van der Waals surface area contributed by atoms with Crippen molar-refractivity contribution in [3.05, 3.63) is 64.7 Å². The molecule has 0 saturated carbocycles. The van der Waals surface area contributed by atoms with E-state index in [4.69, 9.17) is 16.3 Å². The molecule has 1 aliphatic rings. The van der Waals surface area contributed by atoms with E-state index in [9.17, 15) is 13.2 Å². The number of carbonyl (C=O) groups excluding carboxylic acids is 1. The third-order valence-electron chi connectivity index (χ3n) is 4.97. The van der Waals surface area contributed by atoms with Crippen LogP contribution in [0.1, 0.15) is 15.9 Å². The summed E-state index contributed by atoms with van der Waals surface area (Å²) in [6.45, 7) is 2.53. The number of carbonyl (C=O) groups is 1. The van der Waals surface area contributed by atoms with Crippen molar-refractivity contribution in [2.45, 2.75) is 6.54 Å². The van der Waals surface area contributed by atoms with Crippen LogP contribution in [0.25, 0.3) is 0 Å². The normalized spacial score (nSPS) is 15.0. The molecule has 3 rings (SSSR count). The zero-order chi connectivity index (χ0) is 21.6. The van der Waals surface area contributed by atoms with Gasteiger partial charge in [0.25, 0.3) is 5.91 Å². The van der Waals surface area contributed by atoms with E-state index in [1.54, 1.807) is 36.3 Å². The molecule has 162 valence electrons. The van der Waals surface area contributed by atoms with Crippen molar-refractivity contribution in [1.29, 1.82) is 0 Å². The summed E-state index contributed by atoms with van der Waals surface area (Å²) in [5, 5.41) is 3.68. The number of benzene rings is 2. The Morgan fingerprint density at radius 2 is 1.87 bits per heavy atom. The van der Waals surface area contributed by atoms with Gasteiger partial charge in [0.1, 0.15) is 5.75 Å². The second-order valence-corrected chi connectivity index (χ2v) is 9.58. The van der Waals surface area contributed by atoms with Crippen molar-refractivity contribution in [2.75, 3.05) is 45.6 Å². The standard InChI is InChI=1S/C21H26ClN3O4S/c1-29-20-4-2-3-17(15-20)16-24(21(26)18-5-7-19(22)8-6-18)13-14-30(27,28)25-11-9-23-10-12-25/h2-8,15,23H,9-14,16H2,1H3. The number of nitrogens with zero attached hydrogens (tertiary/aromatic N) is 2. The maximum atomic E-state index is 13.1. The first-order valence-corrected chi connectivity index (χ1v) is 11.7. The van der Waals surface area contributed by atoms with Gasteiger partial charge in [-0.05, 0) is 42.0 Å². The van der Waals surface area contributed by atoms with Crippen LogP contribution in [0.4, 0.5) is 0 Å². The molecule has 30 heavy (non-hydrogen) atoms. The minimum atomic E-state index is -3.45. The monoisotopic (exact) mass is 451 g/mol. The highest BCUT2D eigenvalue weighted by Crippen LogP contribution is 2.18. The number of nitrogens with one attached hydrogen (secondary N) is 1. The van der Waals surface area contributed by atoms with Crippen LogP contribution in [0.2, 0.25) is 5.02 Å². The quantitative estimate of drug-likeness (QED) is 0.665. The number of halogens is 1. The number of methoxy groups -OCH3 is 1. The Balaban J connectivity index is 1.79. The minimum Gasteiger partial charge on any atom is -0.497 e. The second kappa shape index (κ2) is 10.3. The summed E-state index contributed by atoms with van der Waals surface area (Å²) in [7, 11) is -1.87. The molecule has 1 N–H and O–H groups in total. The first-order chi connectivity index (χ1) is 14.4. The molecule has 1 aliphatic heterocycles. The number of hydrogen-bond donors (Lipinski definition) is 1. The van der Waals surface area contributed by atoms with Gasteiger partial charge in [-0.1, -0.05) is 23.7 Å². The Bertz CT molecular complexity index is 960. The lowest BCUT2D eigenvalue weighted by atomic mass is 10.1. The van der Waals surface area contributed by atoms with Crippen LogP contribution in [-0.4, -0.2) is 69.1 Å². The summed E-state index contributed by atoms with van der Waals surface area (Å²) in [6.07, 6.45) is 0. The maximum Gasteiger partial charge on any atom is 0.254 e. The van der Waals surface area contributed by atoms with Gasteiger partial charge in [-0.3, -0.25) is 4.79 Å². The number of amides is 1. The number of rotatable bonds is 8. The second-order valence-electron chi connectivity index (χ2n) is 7.05. The Labute approximate surface area is 182 Å². The molecule has 7 nitrogen and oxygen atoms in total. The van der Waals surface area contributed by atoms with E-state index in [0.717, 1.165) is 5.56 Å². The van der Waals surface area contributed by atoms with Gasteiger partial charge in [-0.25, -0.2) is 8.42 Å². The number of hydrogen-bond acceptors (Lipinski definition) is 5. The molecule has 0 unspecified atom stereocenters. The number of piperazine rings is 1. The molecule has 9 heteroatoms. The summed E-state index contributed by atoms with van der Waals surface area (Å²) in [4.78, 5) is 14.7. The van der Waals surface area contributed by atoms with Crippen LogP contribution in [-0.2, 0) is 16.6 Å². The van der Waals surface area contributed by atoms with Crippen LogP contribution in [0.5, 0.6) is 5.75 Å². The van der Waals surface area contributed by atoms with E-state index in [-0.39, 0.29) is 24.7 Å². The summed E-state index contributed by atoms with van der Waals surface area (Å²) < 4.78 is 32.3. The molecule has 1 amide bonds. The zero-order valence-electron chi connectivity index (χ0n) is 16.9. The van der Waals surface area contributed by atoms with Gasteiger partial charge < -0.3 is 15.0 Å². The van der Waals surface area contributed by atoms with Gasteiger partial charge in [-0.15, -0.1) is 0 Å². The molecular weight excluding hydrogens is 426 g/mol. The topological polar surface area (TPSA) is 79.0 Å². The molecule has 0 aliphatic carbocycles. The van der Waals surface area contributed by atoms with Gasteiger partial charge in [0.15, 0.2) is 0 Å². The molecule has 2 aromatic rings. The molecule has 1 fully saturated rings. The summed E-state index contributed by atoms with van der Waals surface area (Å²) >= 11 is 5.94. The lowest BCUT2D eigenvalue weighted by Gasteiger charge is -2.28. The van der Waals surface area contributed by atoms with Crippen LogP contribution in [0.15, 0.2) is 48.5 Å². The van der Waals surface area contributed by atoms with Crippen molar-refractivity contribution in [3.63, 3.8) is 0 Å². The van der Waals surface area contributed by atoms with E-state index in [1.165, 1.54) is 4.31 Å². The van der Waals surface area contributed by atoms with Crippen LogP contribution < -0.4 is 10.1 Å². The first-order valence-electron chi connectivity index (χ1n) is 9.75. The van der Waals surface area contributed by atoms with Crippen LogP contribution in [0, 0.1) is 0 Å². The van der Waals surface area contributed by atoms with E-state index < -0.39 is 10.0 Å². The average Bonchev–Trinajstić information content (AvgIpc) is 2.77. The Morgan fingerprint density at radius 3 is 2.53 bits per heavy atom. The highest BCUT2D eigenvalue weighted by atomic mass is 35.5. The van der Waals surface area contributed by atoms with Gasteiger partial charge in [0.05, 0.1) is 12.9 Å². The van der Waals surface area contributed by atoms with Gasteiger partial charge >= 0.3 is 0 Å². The highest BCUT2D eigenvalue weighted by molar-refractivity contribution is 7.89. The molecule has 0 spiro atoms. The average molecular weight is 452 g/mol. The number of sulfonamides is 1. The van der Waals surface area contributed by atoms with E-state index in [0.29, 0.717) is 42.5 Å². The number of ether oxygens (including phenoxy) is 1. The molecule has 0 bridgehead atoms. The fourth-order valence-corrected chi connectivity index (χ4v) is 4.87.